The van der Waals surface area contributed by atoms with E-state index in [0.29, 0.717) is 45.5 Å². The lowest BCUT2D eigenvalue weighted by Crippen LogP contribution is -2.26. The minimum atomic E-state index is -0.792. The number of rotatable bonds is 3. The Balaban J connectivity index is 1.73. The Morgan fingerprint density at radius 3 is 2.16 bits per heavy atom. The standard InChI is InChI=1S/C17H10N4O4/c22-9-11-1-3-13-7-18-20(15(13)5-11)17(24)25-21-16-6-12(10-23)2-4-14(16)8-19-21/h1-10H. The van der Waals surface area contributed by atoms with Crippen molar-refractivity contribution in [2.24, 2.45) is 0 Å². The fourth-order valence-electron chi connectivity index (χ4n) is 2.53. The number of aldehydes is 2. The van der Waals surface area contributed by atoms with Gasteiger partial charge in [0.15, 0.2) is 0 Å². The van der Waals surface area contributed by atoms with E-state index < -0.39 is 6.09 Å². The maximum Gasteiger partial charge on any atom is 0.461 e. The van der Waals surface area contributed by atoms with E-state index in [9.17, 15) is 14.4 Å². The van der Waals surface area contributed by atoms with Gasteiger partial charge in [-0.05, 0) is 12.1 Å². The van der Waals surface area contributed by atoms with Gasteiger partial charge in [0, 0.05) is 21.9 Å². The summed E-state index contributed by atoms with van der Waals surface area (Å²) in [6.07, 6.45) is 3.60. The molecule has 8 heteroatoms. The van der Waals surface area contributed by atoms with Crippen molar-refractivity contribution >= 4 is 40.5 Å². The molecule has 0 aliphatic rings. The summed E-state index contributed by atoms with van der Waals surface area (Å²) in [7, 11) is 0. The Kier molecular flexibility index (Phi) is 3.35. The Labute approximate surface area is 140 Å². The van der Waals surface area contributed by atoms with Crippen molar-refractivity contribution < 1.29 is 19.2 Å². The summed E-state index contributed by atoms with van der Waals surface area (Å²) in [4.78, 5) is 40.6. The fraction of sp³-hybridized carbons (Fsp3) is 0. The van der Waals surface area contributed by atoms with Gasteiger partial charge in [0.05, 0.1) is 17.9 Å². The van der Waals surface area contributed by atoms with Crippen LogP contribution in [0.3, 0.4) is 0 Å². The highest BCUT2D eigenvalue weighted by Crippen LogP contribution is 2.17. The predicted molar refractivity (Wildman–Crippen MR) is 87.6 cm³/mol. The van der Waals surface area contributed by atoms with E-state index in [1.807, 2.05) is 0 Å². The molecule has 2 aromatic carbocycles. The molecule has 0 aliphatic heterocycles. The van der Waals surface area contributed by atoms with Crippen LogP contribution >= 0.6 is 0 Å². The van der Waals surface area contributed by atoms with Crippen LogP contribution in [0, 0.1) is 0 Å². The summed E-state index contributed by atoms with van der Waals surface area (Å²) in [6, 6.07) is 9.78. The van der Waals surface area contributed by atoms with Crippen molar-refractivity contribution in [3.63, 3.8) is 0 Å². The number of nitrogens with zero attached hydrogens (tertiary/aromatic N) is 4. The zero-order valence-corrected chi connectivity index (χ0v) is 12.7. The second-order valence-electron chi connectivity index (χ2n) is 5.30. The van der Waals surface area contributed by atoms with Crippen LogP contribution in [0.5, 0.6) is 0 Å². The summed E-state index contributed by atoms with van der Waals surface area (Å²) < 4.78 is 1.04. The minimum absolute atomic E-state index is 0.419. The molecule has 0 spiro atoms. The van der Waals surface area contributed by atoms with Crippen LogP contribution in [0.1, 0.15) is 20.7 Å². The predicted octanol–water partition coefficient (Wildman–Crippen LogP) is 2.11. The molecule has 4 aromatic rings. The first-order chi connectivity index (χ1) is 12.2. The van der Waals surface area contributed by atoms with Gasteiger partial charge >= 0.3 is 6.09 Å². The van der Waals surface area contributed by atoms with Gasteiger partial charge in [-0.3, -0.25) is 14.4 Å². The molecule has 122 valence electrons. The summed E-state index contributed by atoms with van der Waals surface area (Å²) in [6.45, 7) is 0. The molecule has 25 heavy (non-hydrogen) atoms. The maximum absolute atomic E-state index is 12.4. The van der Waals surface area contributed by atoms with Crippen LogP contribution in [0.25, 0.3) is 21.8 Å². The van der Waals surface area contributed by atoms with E-state index in [-0.39, 0.29) is 0 Å². The smallest absolute Gasteiger partial charge is 0.298 e. The number of carbonyl (C=O) groups excluding carboxylic acids is 3. The van der Waals surface area contributed by atoms with E-state index in [1.165, 1.54) is 12.4 Å². The van der Waals surface area contributed by atoms with E-state index in [4.69, 9.17) is 4.84 Å². The van der Waals surface area contributed by atoms with Crippen molar-refractivity contribution in [3.05, 3.63) is 59.9 Å². The zero-order chi connectivity index (χ0) is 17.4. The minimum Gasteiger partial charge on any atom is -0.298 e. The van der Waals surface area contributed by atoms with Crippen molar-refractivity contribution in [2.45, 2.75) is 0 Å². The molecule has 0 unspecified atom stereocenters. The van der Waals surface area contributed by atoms with Crippen molar-refractivity contribution in [2.75, 3.05) is 0 Å². The van der Waals surface area contributed by atoms with Gasteiger partial charge in [-0.1, -0.05) is 29.1 Å². The van der Waals surface area contributed by atoms with Crippen LogP contribution < -0.4 is 4.84 Å². The first-order valence-electron chi connectivity index (χ1n) is 7.28. The highest BCUT2D eigenvalue weighted by Gasteiger charge is 2.15. The van der Waals surface area contributed by atoms with E-state index in [2.05, 4.69) is 10.2 Å². The quantitative estimate of drug-likeness (QED) is 0.532. The van der Waals surface area contributed by atoms with Crippen LogP contribution in [0.2, 0.25) is 0 Å². The molecule has 0 atom stereocenters. The molecule has 0 aliphatic carbocycles. The summed E-state index contributed by atoms with van der Waals surface area (Å²) in [5.41, 5.74) is 1.77. The van der Waals surface area contributed by atoms with Crippen molar-refractivity contribution in [1.82, 2.24) is 19.7 Å². The third-order valence-corrected chi connectivity index (χ3v) is 3.77. The molecule has 0 amide bonds. The van der Waals surface area contributed by atoms with Gasteiger partial charge in [-0.2, -0.15) is 9.78 Å². The average Bonchev–Trinajstić information content (AvgIpc) is 3.24. The number of aromatic nitrogens is 4. The van der Waals surface area contributed by atoms with E-state index in [1.54, 1.807) is 36.4 Å². The van der Waals surface area contributed by atoms with E-state index >= 15 is 0 Å². The van der Waals surface area contributed by atoms with Gasteiger partial charge < -0.3 is 0 Å². The average molecular weight is 334 g/mol. The highest BCUT2D eigenvalue weighted by atomic mass is 16.7. The van der Waals surface area contributed by atoms with Crippen LogP contribution in [0.4, 0.5) is 4.79 Å². The van der Waals surface area contributed by atoms with Crippen LogP contribution in [0.15, 0.2) is 48.8 Å². The molecule has 8 nitrogen and oxygen atoms in total. The summed E-state index contributed by atoms with van der Waals surface area (Å²) in [5, 5.41) is 9.39. The molecular formula is C17H10N4O4. The molecule has 0 radical (unpaired) electrons. The number of fused-ring (bicyclic) bond motifs is 2. The molecule has 2 heterocycles. The molecule has 2 aromatic heterocycles. The van der Waals surface area contributed by atoms with Gasteiger partial charge in [-0.25, -0.2) is 4.79 Å². The van der Waals surface area contributed by atoms with Gasteiger partial charge in [0.2, 0.25) is 0 Å². The number of benzene rings is 2. The SMILES string of the molecule is O=Cc1ccc2cnn(OC(=O)n3ncc4ccc(C=O)cc43)c2c1. The second kappa shape index (κ2) is 5.68. The Bertz CT molecular complexity index is 1140. The molecule has 0 bridgehead atoms. The Morgan fingerprint density at radius 1 is 0.880 bits per heavy atom. The topological polar surface area (TPSA) is 96.1 Å². The molecule has 0 saturated heterocycles. The number of hydrogen-bond acceptors (Lipinski definition) is 6. The molecule has 4 rings (SSSR count). The lowest BCUT2D eigenvalue weighted by atomic mass is 10.2. The lowest BCUT2D eigenvalue weighted by molar-refractivity contribution is 0.111. The molecular weight excluding hydrogens is 324 g/mol. The third-order valence-electron chi connectivity index (χ3n) is 3.77. The van der Waals surface area contributed by atoms with Crippen LogP contribution in [-0.2, 0) is 0 Å². The van der Waals surface area contributed by atoms with Gasteiger partial charge in [-0.15, -0.1) is 5.10 Å². The molecule has 0 N–H and O–H groups in total. The van der Waals surface area contributed by atoms with Gasteiger partial charge in [0.25, 0.3) is 0 Å². The van der Waals surface area contributed by atoms with Crippen LogP contribution in [-0.4, -0.2) is 38.4 Å². The van der Waals surface area contributed by atoms with Gasteiger partial charge in [0.1, 0.15) is 18.1 Å². The Hall–Kier alpha value is -3.81. The largest absolute Gasteiger partial charge is 0.461 e. The Morgan fingerprint density at radius 2 is 1.48 bits per heavy atom. The van der Waals surface area contributed by atoms with E-state index in [0.717, 1.165) is 9.53 Å². The normalized spacial score (nSPS) is 10.9. The fourth-order valence-corrected chi connectivity index (χ4v) is 2.53. The first-order valence-corrected chi connectivity index (χ1v) is 7.28. The lowest BCUT2D eigenvalue weighted by Gasteiger charge is -2.05. The molecule has 0 saturated carbocycles. The molecule has 0 fully saturated rings. The number of carbonyl (C=O) groups is 3. The zero-order valence-electron chi connectivity index (χ0n) is 12.7. The third kappa shape index (κ3) is 2.45. The highest BCUT2D eigenvalue weighted by molar-refractivity contribution is 5.92. The number of hydrogen-bond donors (Lipinski definition) is 0. The summed E-state index contributed by atoms with van der Waals surface area (Å²) in [5.74, 6) is 0. The van der Waals surface area contributed by atoms with Crippen molar-refractivity contribution in [3.8, 4) is 0 Å². The second-order valence-corrected chi connectivity index (χ2v) is 5.30. The maximum atomic E-state index is 12.4. The first kappa shape index (κ1) is 14.8. The monoisotopic (exact) mass is 334 g/mol. The van der Waals surface area contributed by atoms with Crippen molar-refractivity contribution in [1.29, 1.82) is 0 Å². The summed E-state index contributed by atoms with van der Waals surface area (Å²) >= 11 is 0.